The van der Waals surface area contributed by atoms with Crippen LogP contribution >= 0.6 is 0 Å². The Morgan fingerprint density at radius 1 is 0.839 bits per heavy atom. The Morgan fingerprint density at radius 3 is 2.23 bits per heavy atom. The molecule has 2 unspecified atom stereocenters. The van der Waals surface area contributed by atoms with E-state index in [2.05, 4.69) is 0 Å². The van der Waals surface area contributed by atoms with Crippen LogP contribution in [0.5, 0.6) is 23.0 Å². The monoisotopic (exact) mass is 432 g/mol. The second kappa shape index (κ2) is 7.43. The predicted molar refractivity (Wildman–Crippen MR) is 106 cm³/mol. The van der Waals surface area contributed by atoms with Crippen LogP contribution in [0.15, 0.2) is 39.5 Å². The zero-order valence-electron chi connectivity index (χ0n) is 16.1. The van der Waals surface area contributed by atoms with Crippen molar-refractivity contribution in [3.63, 3.8) is 0 Å². The summed E-state index contributed by atoms with van der Waals surface area (Å²) in [6.45, 7) is 1.44. The summed E-state index contributed by atoms with van der Waals surface area (Å²) in [5.74, 6) is -2.07. The van der Waals surface area contributed by atoms with E-state index in [1.54, 1.807) is 0 Å². The van der Waals surface area contributed by atoms with Crippen molar-refractivity contribution in [1.82, 2.24) is 0 Å². The molecule has 1 aliphatic heterocycles. The molecule has 10 heteroatoms. The van der Waals surface area contributed by atoms with Gasteiger partial charge in [-0.2, -0.15) is 0 Å². The van der Waals surface area contributed by atoms with E-state index < -0.39 is 53.2 Å². The van der Waals surface area contributed by atoms with Crippen LogP contribution in [0.1, 0.15) is 18.6 Å². The third-order valence-corrected chi connectivity index (χ3v) is 5.41. The van der Waals surface area contributed by atoms with Gasteiger partial charge in [0.15, 0.2) is 16.9 Å². The van der Waals surface area contributed by atoms with Crippen LogP contribution in [0.4, 0.5) is 0 Å². The minimum atomic E-state index is -1.69. The molecule has 0 spiro atoms. The van der Waals surface area contributed by atoms with Gasteiger partial charge in [0.05, 0.1) is 11.7 Å². The van der Waals surface area contributed by atoms with Crippen LogP contribution in [0.2, 0.25) is 0 Å². The number of fused-ring (bicyclic) bond motifs is 1. The van der Waals surface area contributed by atoms with E-state index in [1.807, 2.05) is 0 Å². The van der Waals surface area contributed by atoms with E-state index in [-0.39, 0.29) is 33.6 Å². The molecule has 0 aliphatic carbocycles. The highest BCUT2D eigenvalue weighted by Gasteiger charge is 2.44. The fourth-order valence-electron chi connectivity index (χ4n) is 3.69. The van der Waals surface area contributed by atoms with Crippen molar-refractivity contribution < 1.29 is 44.9 Å². The number of hydrogen-bond acceptors (Lipinski definition) is 10. The Bertz CT molecular complexity index is 1220. The van der Waals surface area contributed by atoms with Crippen LogP contribution in [-0.4, -0.2) is 60.2 Å². The number of rotatable bonds is 2. The number of phenols is 4. The van der Waals surface area contributed by atoms with Gasteiger partial charge in [-0.1, -0.05) is 0 Å². The molecule has 0 radical (unpaired) electrons. The van der Waals surface area contributed by atoms with Crippen molar-refractivity contribution in [2.75, 3.05) is 0 Å². The van der Waals surface area contributed by atoms with Crippen molar-refractivity contribution in [3.05, 3.63) is 46.1 Å². The van der Waals surface area contributed by atoms with Gasteiger partial charge in [-0.3, -0.25) is 4.79 Å². The normalized spacial score (nSPS) is 26.3. The molecule has 31 heavy (non-hydrogen) atoms. The van der Waals surface area contributed by atoms with Gasteiger partial charge in [-0.05, 0) is 25.1 Å². The van der Waals surface area contributed by atoms with Crippen LogP contribution in [0.3, 0.4) is 0 Å². The van der Waals surface area contributed by atoms with Crippen LogP contribution in [-0.2, 0) is 4.74 Å². The van der Waals surface area contributed by atoms with Crippen LogP contribution in [0, 0.1) is 0 Å². The third-order valence-electron chi connectivity index (χ3n) is 5.41. The Kier molecular flexibility index (Phi) is 5.02. The molecule has 10 nitrogen and oxygen atoms in total. The molecule has 2 heterocycles. The number of benzene rings is 2. The molecule has 1 fully saturated rings. The maximum Gasteiger partial charge on any atom is 0.197 e. The summed E-state index contributed by atoms with van der Waals surface area (Å²) >= 11 is 0. The van der Waals surface area contributed by atoms with E-state index in [0.29, 0.717) is 0 Å². The van der Waals surface area contributed by atoms with Gasteiger partial charge in [0.25, 0.3) is 0 Å². The first-order chi connectivity index (χ1) is 14.6. The number of phenolic OH excluding ortho intramolecular Hbond substituents is 4. The van der Waals surface area contributed by atoms with Gasteiger partial charge in [0.2, 0.25) is 0 Å². The molecule has 2 aromatic carbocycles. The smallest absolute Gasteiger partial charge is 0.197 e. The Hall–Kier alpha value is -3.31. The summed E-state index contributed by atoms with van der Waals surface area (Å²) < 4.78 is 11.1. The number of aliphatic hydroxyl groups excluding tert-OH is 3. The van der Waals surface area contributed by atoms with Gasteiger partial charge in [0, 0.05) is 17.7 Å². The Morgan fingerprint density at radius 2 is 1.55 bits per heavy atom. The first kappa shape index (κ1) is 20.9. The summed E-state index contributed by atoms with van der Waals surface area (Å²) in [5, 5.41) is 70.3. The number of aromatic hydroxyl groups is 4. The van der Waals surface area contributed by atoms with Gasteiger partial charge in [-0.15, -0.1) is 0 Å². The van der Waals surface area contributed by atoms with Gasteiger partial charge >= 0.3 is 0 Å². The SMILES string of the molecule is CC1O[C@H](c2c(O)cc3oc(-c4ccc(O)c(O)c4)cc(=O)c3c2O)C(O)[C@@H](O)[C@@H]1O. The first-order valence-electron chi connectivity index (χ1n) is 9.34. The Balaban J connectivity index is 1.87. The van der Waals surface area contributed by atoms with Crippen LogP contribution < -0.4 is 5.43 Å². The zero-order valence-corrected chi connectivity index (χ0v) is 16.1. The zero-order chi connectivity index (χ0) is 22.6. The van der Waals surface area contributed by atoms with Crippen LogP contribution in [0.25, 0.3) is 22.3 Å². The molecule has 1 aromatic heterocycles. The van der Waals surface area contributed by atoms with E-state index in [1.165, 1.54) is 25.1 Å². The molecule has 1 saturated heterocycles. The fourth-order valence-corrected chi connectivity index (χ4v) is 3.69. The second-order valence-corrected chi connectivity index (χ2v) is 7.44. The maximum absolute atomic E-state index is 12.7. The van der Waals surface area contributed by atoms with Gasteiger partial charge in [0.1, 0.15) is 52.6 Å². The van der Waals surface area contributed by atoms with Crippen molar-refractivity contribution in [2.24, 2.45) is 0 Å². The molecule has 0 amide bonds. The van der Waals surface area contributed by atoms with E-state index >= 15 is 0 Å². The molecular weight excluding hydrogens is 412 g/mol. The van der Waals surface area contributed by atoms with Gasteiger partial charge < -0.3 is 44.9 Å². The van der Waals surface area contributed by atoms with Crippen molar-refractivity contribution in [1.29, 1.82) is 0 Å². The summed E-state index contributed by atoms with van der Waals surface area (Å²) in [6.07, 6.45) is -7.04. The lowest BCUT2D eigenvalue weighted by molar-refractivity contribution is -0.220. The minimum absolute atomic E-state index is 0.000433. The topological polar surface area (TPSA) is 181 Å². The van der Waals surface area contributed by atoms with Crippen molar-refractivity contribution >= 4 is 11.0 Å². The third kappa shape index (κ3) is 3.35. The molecule has 0 bridgehead atoms. The molecule has 0 saturated carbocycles. The molecule has 3 aromatic rings. The molecular formula is C21H20O10. The second-order valence-electron chi connectivity index (χ2n) is 7.44. The lowest BCUT2D eigenvalue weighted by Crippen LogP contribution is -2.53. The van der Waals surface area contributed by atoms with E-state index in [9.17, 15) is 40.5 Å². The first-order valence-corrected chi connectivity index (χ1v) is 9.34. The van der Waals surface area contributed by atoms with Crippen molar-refractivity contribution in [2.45, 2.75) is 37.4 Å². The molecule has 164 valence electrons. The maximum atomic E-state index is 12.7. The Labute approximate surface area is 174 Å². The average molecular weight is 432 g/mol. The van der Waals surface area contributed by atoms with Crippen molar-refractivity contribution in [3.8, 4) is 34.3 Å². The summed E-state index contributed by atoms with van der Waals surface area (Å²) in [4.78, 5) is 12.7. The highest BCUT2D eigenvalue weighted by atomic mass is 16.5. The largest absolute Gasteiger partial charge is 0.507 e. The lowest BCUT2D eigenvalue weighted by atomic mass is 9.90. The molecule has 5 atom stereocenters. The minimum Gasteiger partial charge on any atom is -0.507 e. The highest BCUT2D eigenvalue weighted by molar-refractivity contribution is 5.88. The number of ether oxygens (including phenoxy) is 1. The number of aliphatic hydroxyl groups is 3. The van der Waals surface area contributed by atoms with Gasteiger partial charge in [-0.25, -0.2) is 0 Å². The van der Waals surface area contributed by atoms with E-state index in [0.717, 1.165) is 12.1 Å². The standard InChI is InChI=1S/C21H20O10/c1-7-17(26)19(28)20(29)21(30-7)16-12(25)6-14-15(18(16)27)11(24)5-13(31-14)8-2-3-9(22)10(23)4-8/h2-7,17,19-23,25-29H,1H3/t7?,17-,19+,20?,21-/m1/s1. The quantitative estimate of drug-likeness (QED) is 0.286. The average Bonchev–Trinajstić information content (AvgIpc) is 2.71. The highest BCUT2D eigenvalue weighted by Crippen LogP contribution is 2.44. The molecule has 7 N–H and O–H groups in total. The predicted octanol–water partition coefficient (Wildman–Crippen LogP) is 0.825. The molecule has 1 aliphatic rings. The number of hydrogen-bond donors (Lipinski definition) is 7. The summed E-state index contributed by atoms with van der Waals surface area (Å²) in [7, 11) is 0. The van der Waals surface area contributed by atoms with E-state index in [4.69, 9.17) is 9.15 Å². The lowest BCUT2D eigenvalue weighted by Gasteiger charge is -2.39. The molecule has 4 rings (SSSR count). The summed E-state index contributed by atoms with van der Waals surface area (Å²) in [5.41, 5.74) is -0.955. The summed E-state index contributed by atoms with van der Waals surface area (Å²) in [6, 6.07) is 5.87. The fraction of sp³-hybridized carbons (Fsp3) is 0.286.